The molecule has 0 spiro atoms. The van der Waals surface area contributed by atoms with Gasteiger partial charge in [0.1, 0.15) is 0 Å². The second kappa shape index (κ2) is 23.5. The molecular weight excluding hydrogens is 902 g/mol. The normalized spacial score (nSPS) is 10.7. The first-order valence-electron chi connectivity index (χ1n) is 18.8. The van der Waals surface area contributed by atoms with Crippen LogP contribution in [0.25, 0.3) is 11.1 Å². The number of benzene rings is 5. The van der Waals surface area contributed by atoms with Gasteiger partial charge in [0.05, 0.1) is 39.6 Å². The standard InChI is InChI=1S/C38H34N2O4P2.C10H14.2ClH.Ru/c1-41-33-25-31(45(27-17-9-5-10-18-27)28-19-11-6-12-20-28)35(37(39-33)43-3)36-32(26-34(42-2)40-38(36)44-4)46(29-21-13-7-14-22-29)30-23-15-8-16-24-30;1-8(2)10-6-4-9(3)5-7-10;;;/h5-26H,1-4H3;4-8H,1-3H3;2*1H;/q;;;;+2/p-2. The van der Waals surface area contributed by atoms with Crippen LogP contribution in [0.1, 0.15) is 30.9 Å². The van der Waals surface area contributed by atoms with E-state index in [1.807, 2.05) is 36.4 Å². The van der Waals surface area contributed by atoms with Crippen molar-refractivity contribution in [1.82, 2.24) is 9.97 Å². The molecule has 0 saturated carbocycles. The van der Waals surface area contributed by atoms with Crippen LogP contribution >= 0.6 is 35.2 Å². The summed E-state index contributed by atoms with van der Waals surface area (Å²) >= 11 is -0.346. The van der Waals surface area contributed by atoms with Crippen LogP contribution in [0, 0.1) is 6.92 Å². The van der Waals surface area contributed by atoms with Crippen molar-refractivity contribution in [2.24, 2.45) is 0 Å². The van der Waals surface area contributed by atoms with E-state index >= 15 is 0 Å². The van der Waals surface area contributed by atoms with Crippen LogP contribution in [-0.4, -0.2) is 38.4 Å². The van der Waals surface area contributed by atoms with Gasteiger partial charge in [0.2, 0.25) is 23.5 Å². The monoisotopic (exact) mass is 950 g/mol. The molecule has 11 heteroatoms. The van der Waals surface area contributed by atoms with Crippen molar-refractivity contribution in [2.75, 3.05) is 28.4 Å². The molecule has 306 valence electrons. The summed E-state index contributed by atoms with van der Waals surface area (Å²) < 4.78 is 23.8. The molecule has 0 atom stereocenters. The molecule has 7 rings (SSSR count). The van der Waals surface area contributed by atoms with Crippen molar-refractivity contribution in [3.05, 3.63) is 169 Å². The summed E-state index contributed by atoms with van der Waals surface area (Å²) in [5, 5.41) is 6.73. The van der Waals surface area contributed by atoms with Crippen LogP contribution in [0.15, 0.2) is 158 Å². The van der Waals surface area contributed by atoms with Gasteiger partial charge < -0.3 is 18.9 Å². The molecule has 0 fully saturated rings. The Morgan fingerprint density at radius 1 is 0.475 bits per heavy atom. The third-order valence-electron chi connectivity index (χ3n) is 9.22. The Bertz CT molecular complexity index is 2110. The van der Waals surface area contributed by atoms with E-state index in [1.165, 1.54) is 32.3 Å². The molecule has 0 aliphatic heterocycles. The molecule has 0 aliphatic rings. The molecule has 59 heavy (non-hydrogen) atoms. The van der Waals surface area contributed by atoms with Gasteiger partial charge in [0, 0.05) is 22.7 Å². The van der Waals surface area contributed by atoms with E-state index in [1.54, 1.807) is 28.4 Å². The van der Waals surface area contributed by atoms with Crippen molar-refractivity contribution >= 4 is 67.1 Å². The third kappa shape index (κ3) is 11.9. The molecule has 2 aromatic heterocycles. The Hall–Kier alpha value is -4.34. The summed E-state index contributed by atoms with van der Waals surface area (Å²) in [6, 6.07) is 54.9. The second-order valence-corrected chi connectivity index (χ2v) is 20.3. The van der Waals surface area contributed by atoms with E-state index in [4.69, 9.17) is 48.3 Å². The average molecular weight is 951 g/mol. The first kappa shape index (κ1) is 45.7. The predicted octanol–water partition coefficient (Wildman–Crippen LogP) is 10.2. The van der Waals surface area contributed by atoms with Gasteiger partial charge >= 0.3 is 34.5 Å². The molecule has 0 N–H and O–H groups in total. The Labute approximate surface area is 367 Å². The van der Waals surface area contributed by atoms with Gasteiger partial charge in [-0.15, -0.1) is 0 Å². The molecule has 0 saturated heterocycles. The third-order valence-corrected chi connectivity index (χ3v) is 14.1. The fraction of sp³-hybridized carbons (Fsp3) is 0.167. The van der Waals surface area contributed by atoms with E-state index in [-0.39, 0.29) is 15.1 Å². The van der Waals surface area contributed by atoms with Crippen molar-refractivity contribution < 1.29 is 34.1 Å². The second-order valence-electron chi connectivity index (χ2n) is 13.3. The number of aromatic nitrogens is 2. The van der Waals surface area contributed by atoms with Crippen molar-refractivity contribution in [1.29, 1.82) is 0 Å². The Morgan fingerprint density at radius 3 is 1.03 bits per heavy atom. The minimum absolute atomic E-state index is 0.346. The zero-order valence-electron chi connectivity index (χ0n) is 34.1. The number of pyridine rings is 2. The summed E-state index contributed by atoms with van der Waals surface area (Å²) in [4.78, 5) is 9.68. The Balaban J connectivity index is 0.000000437. The molecule has 0 unspecified atom stereocenters. The quantitative estimate of drug-likeness (QED) is 0.0899. The van der Waals surface area contributed by atoms with Crippen LogP contribution in [0.2, 0.25) is 0 Å². The number of nitrogens with zero attached hydrogens (tertiary/aromatic N) is 2. The minimum atomic E-state index is -1.11. The van der Waals surface area contributed by atoms with Gasteiger partial charge in [-0.3, -0.25) is 0 Å². The molecular formula is C48H48Cl2N2O4P2Ru. The van der Waals surface area contributed by atoms with Gasteiger partial charge in [-0.05, 0) is 55.5 Å². The van der Waals surface area contributed by atoms with Crippen LogP contribution < -0.4 is 50.8 Å². The van der Waals surface area contributed by atoms with Gasteiger partial charge in [-0.2, -0.15) is 9.97 Å². The summed E-state index contributed by atoms with van der Waals surface area (Å²) in [6.07, 6.45) is 0. The molecule has 7 aromatic rings. The number of methoxy groups -OCH3 is 4. The topological polar surface area (TPSA) is 62.7 Å². The summed E-state index contributed by atoms with van der Waals surface area (Å²) in [5.41, 5.74) is 4.38. The average Bonchev–Trinajstić information content (AvgIpc) is 3.28. The number of rotatable bonds is 12. The van der Waals surface area contributed by atoms with Gasteiger partial charge in [-0.1, -0.05) is 165 Å². The van der Waals surface area contributed by atoms with Crippen LogP contribution in [0.4, 0.5) is 0 Å². The predicted molar refractivity (Wildman–Crippen MR) is 248 cm³/mol. The first-order chi connectivity index (χ1) is 28.8. The molecule has 2 heterocycles. The van der Waals surface area contributed by atoms with Crippen LogP contribution in [0.3, 0.4) is 0 Å². The van der Waals surface area contributed by atoms with Crippen molar-refractivity contribution in [2.45, 2.75) is 26.7 Å². The number of hydrogen-bond acceptors (Lipinski definition) is 6. The molecule has 0 radical (unpaired) electrons. The van der Waals surface area contributed by atoms with E-state index in [0.717, 1.165) is 21.7 Å². The fourth-order valence-electron chi connectivity index (χ4n) is 6.42. The first-order valence-corrected chi connectivity index (χ1v) is 25.9. The number of halogens is 2. The number of ether oxygens (including phenoxy) is 4. The van der Waals surface area contributed by atoms with E-state index < -0.39 is 15.8 Å². The SMILES string of the molecule is COc1cc(P(c2ccccc2)c2ccccc2)c(-c2c(P(c3ccccc3)c3ccccc3)cc(OC)nc2OC)c(OC)n1.Cc1ccc(C(C)C)cc1.[Cl][Ru][Cl]. The van der Waals surface area contributed by atoms with Crippen molar-refractivity contribution in [3.8, 4) is 34.6 Å². The summed E-state index contributed by atoms with van der Waals surface area (Å²) in [6.45, 7) is 6.54. The Kier molecular flexibility index (Phi) is 18.2. The maximum atomic E-state index is 6.12. The number of aryl methyl sites for hydroxylation is 1. The van der Waals surface area contributed by atoms with Crippen LogP contribution in [-0.2, 0) is 15.1 Å². The summed E-state index contributed by atoms with van der Waals surface area (Å²) in [7, 11) is 14.0. The maximum absolute atomic E-state index is 6.12. The van der Waals surface area contributed by atoms with E-state index in [2.05, 4.69) is 142 Å². The van der Waals surface area contributed by atoms with Gasteiger partial charge in [0.15, 0.2) is 0 Å². The van der Waals surface area contributed by atoms with E-state index in [0.29, 0.717) is 29.4 Å². The fourth-order valence-corrected chi connectivity index (χ4v) is 11.3. The van der Waals surface area contributed by atoms with Gasteiger partial charge in [-0.25, -0.2) is 0 Å². The zero-order valence-corrected chi connectivity index (χ0v) is 39.2. The van der Waals surface area contributed by atoms with Gasteiger partial charge in [0.25, 0.3) is 0 Å². The van der Waals surface area contributed by atoms with Crippen molar-refractivity contribution in [3.63, 3.8) is 0 Å². The zero-order chi connectivity index (χ0) is 42.1. The van der Waals surface area contributed by atoms with Crippen LogP contribution in [0.5, 0.6) is 23.5 Å². The molecule has 0 amide bonds. The molecule has 6 nitrogen and oxygen atoms in total. The number of hydrogen-bond donors (Lipinski definition) is 0. The molecule has 5 aromatic carbocycles. The Morgan fingerprint density at radius 2 is 0.780 bits per heavy atom. The molecule has 0 bridgehead atoms. The summed E-state index contributed by atoms with van der Waals surface area (Å²) in [5.74, 6) is 2.43. The van der Waals surface area contributed by atoms with E-state index in [9.17, 15) is 0 Å². The molecule has 0 aliphatic carbocycles.